The highest BCUT2D eigenvalue weighted by Gasteiger charge is 2.22. The molecule has 0 unspecified atom stereocenters. The van der Waals surface area contributed by atoms with Gasteiger partial charge in [-0.05, 0) is 16.8 Å². The number of amides is 2. The molecule has 0 bridgehead atoms. The van der Waals surface area contributed by atoms with Crippen LogP contribution in [-0.4, -0.2) is 30.0 Å². The lowest BCUT2D eigenvalue weighted by Crippen LogP contribution is -2.19. The van der Waals surface area contributed by atoms with Gasteiger partial charge in [-0.2, -0.15) is 0 Å². The summed E-state index contributed by atoms with van der Waals surface area (Å²) in [5.74, 6) is 0.569. The molecule has 0 saturated carbocycles. The van der Waals surface area contributed by atoms with Crippen LogP contribution in [0.25, 0.3) is 22.1 Å². The van der Waals surface area contributed by atoms with Crippen molar-refractivity contribution in [1.82, 2.24) is 4.98 Å². The predicted molar refractivity (Wildman–Crippen MR) is 119 cm³/mol. The highest BCUT2D eigenvalue weighted by Crippen LogP contribution is 2.39. The van der Waals surface area contributed by atoms with Gasteiger partial charge in [0, 0.05) is 24.6 Å². The second kappa shape index (κ2) is 8.07. The number of hydrogen-bond donors (Lipinski definition) is 2. The second-order valence-corrected chi connectivity index (χ2v) is 7.27. The van der Waals surface area contributed by atoms with Crippen LogP contribution in [0.4, 0.5) is 11.4 Å². The van der Waals surface area contributed by atoms with Gasteiger partial charge in [0.1, 0.15) is 13.2 Å². The Kier molecular flexibility index (Phi) is 4.95. The lowest BCUT2D eigenvalue weighted by atomic mass is 10.0. The third-order valence-electron chi connectivity index (χ3n) is 5.04. The monoisotopic (exact) mass is 429 g/mol. The Morgan fingerprint density at radius 2 is 1.56 bits per heavy atom. The Morgan fingerprint density at radius 3 is 2.28 bits per heavy atom. The number of aromatic nitrogens is 1. The van der Waals surface area contributed by atoms with Gasteiger partial charge in [-0.3, -0.25) is 9.59 Å². The van der Waals surface area contributed by atoms with Gasteiger partial charge < -0.3 is 24.5 Å². The minimum atomic E-state index is -0.481. The van der Waals surface area contributed by atoms with E-state index in [0.29, 0.717) is 41.8 Å². The van der Waals surface area contributed by atoms with Crippen molar-refractivity contribution in [2.24, 2.45) is 0 Å². The molecule has 2 N–H and O–H groups in total. The van der Waals surface area contributed by atoms with Gasteiger partial charge in [0.2, 0.25) is 5.91 Å². The maximum atomic E-state index is 13.1. The zero-order valence-electron chi connectivity index (χ0n) is 17.2. The standard InChI is InChI=1S/C24H19N3O5/c1-14(28)26-18-11-20-21(31-9-8-30-20)12-19(18)27-24(29)22-23(32-13-25-22)17-7-6-15-4-2-3-5-16(15)10-17/h2-7,10-13H,8-9H2,1H3,(H,26,28)(H,27,29). The first-order chi connectivity index (χ1) is 15.6. The lowest BCUT2D eigenvalue weighted by Gasteiger charge is -2.21. The fourth-order valence-electron chi connectivity index (χ4n) is 3.61. The molecule has 3 aromatic carbocycles. The van der Waals surface area contributed by atoms with Crippen LogP contribution in [-0.2, 0) is 4.79 Å². The number of carbonyl (C=O) groups is 2. The SMILES string of the molecule is CC(=O)Nc1cc2c(cc1NC(=O)c1ncoc1-c1ccc3ccccc3c1)OCCO2. The molecule has 2 heterocycles. The molecule has 5 rings (SSSR count). The van der Waals surface area contributed by atoms with Crippen molar-refractivity contribution < 1.29 is 23.5 Å². The van der Waals surface area contributed by atoms with Crippen LogP contribution in [0.3, 0.4) is 0 Å². The van der Waals surface area contributed by atoms with E-state index in [4.69, 9.17) is 13.9 Å². The number of nitrogens with zero attached hydrogens (tertiary/aromatic N) is 1. The van der Waals surface area contributed by atoms with Gasteiger partial charge in [-0.25, -0.2) is 4.98 Å². The van der Waals surface area contributed by atoms with E-state index in [9.17, 15) is 9.59 Å². The van der Waals surface area contributed by atoms with E-state index in [1.54, 1.807) is 12.1 Å². The molecule has 0 fully saturated rings. The third kappa shape index (κ3) is 3.74. The first kappa shape index (κ1) is 19.6. The highest BCUT2D eigenvalue weighted by molar-refractivity contribution is 6.09. The molecule has 160 valence electrons. The first-order valence-electron chi connectivity index (χ1n) is 10.0. The lowest BCUT2D eigenvalue weighted by molar-refractivity contribution is -0.114. The number of rotatable bonds is 4. The zero-order valence-corrected chi connectivity index (χ0v) is 17.2. The van der Waals surface area contributed by atoms with Gasteiger partial charge in [0.05, 0.1) is 11.4 Å². The molecule has 8 heteroatoms. The van der Waals surface area contributed by atoms with Crippen LogP contribution >= 0.6 is 0 Å². The quantitative estimate of drug-likeness (QED) is 0.496. The van der Waals surface area contributed by atoms with Crippen molar-refractivity contribution in [3.8, 4) is 22.8 Å². The molecule has 0 aliphatic carbocycles. The molecule has 0 spiro atoms. The summed E-state index contributed by atoms with van der Waals surface area (Å²) in [7, 11) is 0. The minimum absolute atomic E-state index is 0.129. The van der Waals surface area contributed by atoms with Crippen molar-refractivity contribution >= 4 is 34.0 Å². The third-order valence-corrected chi connectivity index (χ3v) is 5.04. The number of carbonyl (C=O) groups excluding carboxylic acids is 2. The second-order valence-electron chi connectivity index (χ2n) is 7.27. The largest absolute Gasteiger partial charge is 0.486 e. The van der Waals surface area contributed by atoms with E-state index in [-0.39, 0.29) is 11.6 Å². The zero-order chi connectivity index (χ0) is 22.1. The minimum Gasteiger partial charge on any atom is -0.486 e. The molecule has 4 aromatic rings. The van der Waals surface area contributed by atoms with Crippen molar-refractivity contribution in [3.63, 3.8) is 0 Å². The summed E-state index contributed by atoms with van der Waals surface area (Å²) in [5.41, 5.74) is 1.62. The number of ether oxygens (including phenoxy) is 2. The Labute approximate surface area is 183 Å². The molecular formula is C24H19N3O5. The van der Waals surface area contributed by atoms with Crippen LogP contribution < -0.4 is 20.1 Å². The van der Waals surface area contributed by atoms with E-state index in [1.165, 1.54) is 13.3 Å². The number of hydrogen-bond acceptors (Lipinski definition) is 6. The van der Waals surface area contributed by atoms with E-state index in [0.717, 1.165) is 16.3 Å². The molecule has 1 aromatic heterocycles. The smallest absolute Gasteiger partial charge is 0.278 e. The van der Waals surface area contributed by atoms with Crippen molar-refractivity contribution in [3.05, 3.63) is 66.7 Å². The van der Waals surface area contributed by atoms with Gasteiger partial charge >= 0.3 is 0 Å². The first-order valence-corrected chi connectivity index (χ1v) is 10.0. The van der Waals surface area contributed by atoms with Gasteiger partial charge in [-0.15, -0.1) is 0 Å². The average Bonchev–Trinajstić information content (AvgIpc) is 3.29. The van der Waals surface area contributed by atoms with E-state index < -0.39 is 5.91 Å². The van der Waals surface area contributed by atoms with E-state index >= 15 is 0 Å². The number of nitrogens with one attached hydrogen (secondary N) is 2. The van der Waals surface area contributed by atoms with Crippen LogP contribution in [0, 0.1) is 0 Å². The number of anilines is 2. The van der Waals surface area contributed by atoms with E-state index in [1.807, 2.05) is 42.5 Å². The molecule has 8 nitrogen and oxygen atoms in total. The summed E-state index contributed by atoms with van der Waals surface area (Å²) in [4.78, 5) is 28.9. The molecular weight excluding hydrogens is 410 g/mol. The topological polar surface area (TPSA) is 103 Å². The van der Waals surface area contributed by atoms with Crippen molar-refractivity contribution in [2.45, 2.75) is 6.92 Å². The predicted octanol–water partition coefficient (Wildman–Crippen LogP) is 4.48. The van der Waals surface area contributed by atoms with Crippen LogP contribution in [0.15, 0.2) is 65.4 Å². The molecule has 0 saturated heterocycles. The average molecular weight is 429 g/mol. The fraction of sp³-hybridized carbons (Fsp3) is 0.125. The maximum Gasteiger partial charge on any atom is 0.278 e. The summed E-state index contributed by atoms with van der Waals surface area (Å²) in [6.07, 6.45) is 1.23. The molecule has 2 amide bonds. The van der Waals surface area contributed by atoms with Gasteiger partial charge in [0.25, 0.3) is 5.91 Å². The normalized spacial score (nSPS) is 12.4. The summed E-state index contributed by atoms with van der Waals surface area (Å²) in [5, 5.41) is 7.61. The molecule has 0 atom stereocenters. The molecule has 1 aliphatic heterocycles. The Morgan fingerprint density at radius 1 is 0.875 bits per heavy atom. The Hall–Kier alpha value is -4.33. The number of benzene rings is 3. The van der Waals surface area contributed by atoms with Gasteiger partial charge in [0.15, 0.2) is 29.3 Å². The van der Waals surface area contributed by atoms with Crippen LogP contribution in [0.1, 0.15) is 17.4 Å². The Balaban J connectivity index is 1.48. The Bertz CT molecular complexity index is 1340. The van der Waals surface area contributed by atoms with E-state index in [2.05, 4.69) is 15.6 Å². The van der Waals surface area contributed by atoms with Crippen LogP contribution in [0.5, 0.6) is 11.5 Å². The maximum absolute atomic E-state index is 13.1. The fourth-order valence-corrected chi connectivity index (χ4v) is 3.61. The summed E-state index contributed by atoms with van der Waals surface area (Å²) in [6.45, 7) is 2.19. The molecule has 1 aliphatic rings. The summed E-state index contributed by atoms with van der Waals surface area (Å²) < 4.78 is 16.7. The highest BCUT2D eigenvalue weighted by atomic mass is 16.6. The number of fused-ring (bicyclic) bond motifs is 2. The summed E-state index contributed by atoms with van der Waals surface area (Å²) in [6, 6.07) is 17.0. The molecule has 32 heavy (non-hydrogen) atoms. The van der Waals surface area contributed by atoms with Crippen LogP contribution in [0.2, 0.25) is 0 Å². The van der Waals surface area contributed by atoms with Crippen molar-refractivity contribution in [2.75, 3.05) is 23.8 Å². The van der Waals surface area contributed by atoms with Gasteiger partial charge in [-0.1, -0.05) is 36.4 Å². The number of oxazole rings is 1. The van der Waals surface area contributed by atoms with Crippen molar-refractivity contribution in [1.29, 1.82) is 0 Å². The summed E-state index contributed by atoms with van der Waals surface area (Å²) >= 11 is 0. The molecule has 0 radical (unpaired) electrons.